The van der Waals surface area contributed by atoms with Crippen LogP contribution in [-0.4, -0.2) is 49.6 Å². The molecule has 1 N–H and O–H groups in total. The molecule has 0 heterocycles. The van der Waals surface area contributed by atoms with Crippen LogP contribution in [0.4, 0.5) is 22.8 Å². The number of amides is 2. The first-order valence-corrected chi connectivity index (χ1v) is 13.9. The monoisotopic (exact) mass is 616 g/mol. The maximum atomic E-state index is 13.8. The van der Waals surface area contributed by atoms with Crippen LogP contribution in [0.25, 0.3) is 11.1 Å². The second-order valence-corrected chi connectivity index (χ2v) is 9.60. The standard InChI is InChI=1S/C32H35F3N2O7/c1-5-37(30(39)36-19-22-10-8-7-9-11-22)20-24-18-25(32(33,34)35)13-14-26(24)27-16-23(12-15-28(27)41-4)17-29(38)43-21(3)44-31(40)42-6-2/h7-16,18,21H,5-6,17,19-20H2,1-4H3,(H,36,39). The van der Waals surface area contributed by atoms with E-state index in [2.05, 4.69) is 10.1 Å². The summed E-state index contributed by atoms with van der Waals surface area (Å²) in [4.78, 5) is 38.5. The predicted octanol–water partition coefficient (Wildman–Crippen LogP) is 6.72. The van der Waals surface area contributed by atoms with Crippen molar-refractivity contribution < 1.29 is 46.5 Å². The van der Waals surface area contributed by atoms with Gasteiger partial charge in [0.05, 0.1) is 25.7 Å². The SMILES string of the molecule is CCOC(=O)OC(C)OC(=O)Cc1ccc(OC)c(-c2ccc(C(F)(F)F)cc2CN(CC)C(=O)NCc2ccccc2)c1. The quantitative estimate of drug-likeness (QED) is 0.178. The van der Waals surface area contributed by atoms with Gasteiger partial charge < -0.3 is 29.2 Å². The third-order valence-corrected chi connectivity index (χ3v) is 6.47. The second kappa shape index (κ2) is 15.6. The highest BCUT2D eigenvalue weighted by Gasteiger charge is 2.32. The highest BCUT2D eigenvalue weighted by Crippen LogP contribution is 2.38. The Bertz CT molecular complexity index is 1430. The van der Waals surface area contributed by atoms with Gasteiger partial charge in [-0.05, 0) is 60.4 Å². The number of urea groups is 1. The molecule has 3 aromatic rings. The molecule has 0 aromatic heterocycles. The van der Waals surface area contributed by atoms with Crippen LogP contribution in [0, 0.1) is 0 Å². The van der Waals surface area contributed by atoms with E-state index in [4.69, 9.17) is 14.2 Å². The Hall–Kier alpha value is -4.74. The molecule has 0 spiro atoms. The number of methoxy groups -OCH3 is 1. The molecule has 0 aliphatic carbocycles. The van der Waals surface area contributed by atoms with Gasteiger partial charge in [-0.3, -0.25) is 4.79 Å². The Morgan fingerprint density at radius 3 is 2.27 bits per heavy atom. The second-order valence-electron chi connectivity index (χ2n) is 9.60. The highest BCUT2D eigenvalue weighted by atomic mass is 19.4. The number of alkyl halides is 3. The summed E-state index contributed by atoms with van der Waals surface area (Å²) in [6.07, 6.45) is -7.03. The number of nitrogens with zero attached hydrogens (tertiary/aromatic N) is 1. The van der Waals surface area contributed by atoms with Crippen LogP contribution in [0.2, 0.25) is 0 Å². The van der Waals surface area contributed by atoms with E-state index >= 15 is 0 Å². The van der Waals surface area contributed by atoms with Crippen molar-refractivity contribution >= 4 is 18.2 Å². The molecule has 0 radical (unpaired) electrons. The van der Waals surface area contributed by atoms with E-state index in [1.165, 1.54) is 25.0 Å². The zero-order chi connectivity index (χ0) is 32.3. The molecular formula is C32H35F3N2O7. The molecular weight excluding hydrogens is 581 g/mol. The van der Waals surface area contributed by atoms with Crippen LogP contribution < -0.4 is 10.1 Å². The lowest BCUT2D eigenvalue weighted by atomic mass is 9.94. The molecule has 0 aliphatic rings. The Kier molecular flexibility index (Phi) is 12.0. The molecule has 1 unspecified atom stereocenters. The zero-order valence-corrected chi connectivity index (χ0v) is 24.9. The highest BCUT2D eigenvalue weighted by molar-refractivity contribution is 5.79. The number of ether oxygens (including phenoxy) is 4. The van der Waals surface area contributed by atoms with Gasteiger partial charge in [0.1, 0.15) is 5.75 Å². The average Bonchev–Trinajstić information content (AvgIpc) is 2.98. The summed E-state index contributed by atoms with van der Waals surface area (Å²) in [5, 5.41) is 2.81. The molecule has 0 saturated heterocycles. The maximum absolute atomic E-state index is 13.8. The van der Waals surface area contributed by atoms with Crippen LogP contribution in [0.5, 0.6) is 5.75 Å². The summed E-state index contributed by atoms with van der Waals surface area (Å²) in [5.74, 6) is -0.364. The number of hydrogen-bond acceptors (Lipinski definition) is 7. The van der Waals surface area contributed by atoms with Gasteiger partial charge >= 0.3 is 24.3 Å². The first-order valence-electron chi connectivity index (χ1n) is 13.9. The molecule has 2 amide bonds. The van der Waals surface area contributed by atoms with Crippen LogP contribution in [0.3, 0.4) is 0 Å². The molecule has 0 fully saturated rings. The Balaban J connectivity index is 1.90. The summed E-state index contributed by atoms with van der Waals surface area (Å²) < 4.78 is 61.4. The lowest BCUT2D eigenvalue weighted by Crippen LogP contribution is -2.39. The molecule has 236 valence electrons. The average molecular weight is 617 g/mol. The van der Waals surface area contributed by atoms with Crippen molar-refractivity contribution in [2.75, 3.05) is 20.3 Å². The van der Waals surface area contributed by atoms with Gasteiger partial charge in [-0.1, -0.05) is 42.5 Å². The van der Waals surface area contributed by atoms with Crippen molar-refractivity contribution in [3.63, 3.8) is 0 Å². The van der Waals surface area contributed by atoms with Crippen LogP contribution in [0.1, 0.15) is 43.0 Å². The van der Waals surface area contributed by atoms with E-state index < -0.39 is 36.2 Å². The third-order valence-electron chi connectivity index (χ3n) is 6.47. The minimum absolute atomic E-state index is 0.0917. The smallest absolute Gasteiger partial charge is 0.496 e. The van der Waals surface area contributed by atoms with Crippen LogP contribution in [-0.2, 0) is 44.7 Å². The number of benzene rings is 3. The molecule has 9 nitrogen and oxygen atoms in total. The molecule has 3 aromatic carbocycles. The fraction of sp³-hybridized carbons (Fsp3) is 0.344. The van der Waals surface area contributed by atoms with Gasteiger partial charge in [0.25, 0.3) is 0 Å². The van der Waals surface area contributed by atoms with E-state index in [1.807, 2.05) is 30.3 Å². The van der Waals surface area contributed by atoms with Crippen molar-refractivity contribution in [3.05, 3.63) is 89.0 Å². The number of rotatable bonds is 12. The lowest BCUT2D eigenvalue weighted by molar-refractivity contribution is -0.167. The molecule has 0 aliphatic heterocycles. The molecule has 44 heavy (non-hydrogen) atoms. The Morgan fingerprint density at radius 1 is 0.909 bits per heavy atom. The molecule has 1 atom stereocenters. The Labute approximate surface area is 253 Å². The third kappa shape index (κ3) is 9.65. The predicted molar refractivity (Wildman–Crippen MR) is 156 cm³/mol. The zero-order valence-electron chi connectivity index (χ0n) is 24.9. The van der Waals surface area contributed by atoms with Gasteiger partial charge in [0.15, 0.2) is 0 Å². The summed E-state index contributed by atoms with van der Waals surface area (Å²) in [6, 6.07) is 16.9. The maximum Gasteiger partial charge on any atom is 0.511 e. The number of hydrogen-bond donors (Lipinski definition) is 1. The first kappa shape index (κ1) is 33.8. The molecule has 0 saturated carbocycles. The normalized spacial score (nSPS) is 11.7. The van der Waals surface area contributed by atoms with Gasteiger partial charge in [0.2, 0.25) is 6.29 Å². The topological polar surface area (TPSA) is 103 Å². The minimum atomic E-state index is -4.61. The molecule has 12 heteroatoms. The number of esters is 1. The summed E-state index contributed by atoms with van der Waals surface area (Å²) in [7, 11) is 1.42. The number of carbonyl (C=O) groups excluding carboxylic acids is 3. The van der Waals surface area contributed by atoms with E-state index in [9.17, 15) is 27.6 Å². The van der Waals surface area contributed by atoms with Crippen molar-refractivity contribution in [2.24, 2.45) is 0 Å². The number of carbonyl (C=O) groups is 3. The summed E-state index contributed by atoms with van der Waals surface area (Å²) >= 11 is 0. The van der Waals surface area contributed by atoms with Crippen LogP contribution in [0.15, 0.2) is 66.7 Å². The Morgan fingerprint density at radius 2 is 1.64 bits per heavy atom. The van der Waals surface area contributed by atoms with Crippen molar-refractivity contribution in [1.29, 1.82) is 0 Å². The largest absolute Gasteiger partial charge is 0.511 e. The fourth-order valence-electron chi connectivity index (χ4n) is 4.36. The minimum Gasteiger partial charge on any atom is -0.496 e. The van der Waals surface area contributed by atoms with Gasteiger partial charge in [0, 0.05) is 32.1 Å². The van der Waals surface area contributed by atoms with Gasteiger partial charge in [-0.2, -0.15) is 13.2 Å². The summed E-state index contributed by atoms with van der Waals surface area (Å²) in [5.41, 5.74) is 1.50. The van der Waals surface area contributed by atoms with Crippen molar-refractivity contribution in [1.82, 2.24) is 10.2 Å². The van der Waals surface area contributed by atoms with E-state index in [0.717, 1.165) is 17.7 Å². The molecule has 3 rings (SSSR count). The van der Waals surface area contributed by atoms with Crippen molar-refractivity contribution in [3.8, 4) is 16.9 Å². The summed E-state index contributed by atoms with van der Waals surface area (Å²) in [6.45, 7) is 5.13. The fourth-order valence-corrected chi connectivity index (χ4v) is 4.36. The van der Waals surface area contributed by atoms with E-state index in [1.54, 1.807) is 32.0 Å². The lowest BCUT2D eigenvalue weighted by Gasteiger charge is -2.24. The number of halogens is 3. The van der Waals surface area contributed by atoms with E-state index in [0.29, 0.717) is 22.4 Å². The first-order chi connectivity index (χ1) is 20.9. The number of nitrogens with one attached hydrogen (secondary N) is 1. The van der Waals surface area contributed by atoms with Crippen molar-refractivity contribution in [2.45, 2.75) is 52.7 Å². The van der Waals surface area contributed by atoms with Crippen LogP contribution >= 0.6 is 0 Å². The van der Waals surface area contributed by atoms with E-state index in [-0.39, 0.29) is 38.2 Å². The van der Waals surface area contributed by atoms with Gasteiger partial charge in [-0.25, -0.2) is 9.59 Å². The molecule has 0 bridgehead atoms. The van der Waals surface area contributed by atoms with Gasteiger partial charge in [-0.15, -0.1) is 0 Å².